The van der Waals surface area contributed by atoms with Crippen molar-refractivity contribution in [1.82, 2.24) is 5.32 Å². The van der Waals surface area contributed by atoms with Gasteiger partial charge < -0.3 is 28.4 Å². The first kappa shape index (κ1) is 27.2. The van der Waals surface area contributed by atoms with E-state index in [-0.39, 0.29) is 24.7 Å². The summed E-state index contributed by atoms with van der Waals surface area (Å²) in [5.41, 5.74) is -1.15. The van der Waals surface area contributed by atoms with Crippen LogP contribution in [0.25, 0.3) is 0 Å². The number of hydrogen-bond acceptors (Lipinski definition) is 7. The Morgan fingerprint density at radius 2 is 1.87 bits per heavy atom. The van der Waals surface area contributed by atoms with E-state index in [0.29, 0.717) is 6.41 Å². The third kappa shape index (κ3) is 6.60. The van der Waals surface area contributed by atoms with Gasteiger partial charge in [0.05, 0.1) is 13.2 Å². The molecule has 1 fully saturated rings. The molecule has 4 atom stereocenters. The second-order valence-corrected chi connectivity index (χ2v) is 19.4. The zero-order chi connectivity index (χ0) is 23.4. The van der Waals surface area contributed by atoms with Gasteiger partial charge >= 0.3 is 5.97 Å². The Labute approximate surface area is 183 Å². The van der Waals surface area contributed by atoms with Gasteiger partial charge in [0.2, 0.25) is 6.41 Å². The Balaban J connectivity index is 3.40. The average molecular weight is 464 g/mol. The molecule has 0 aromatic carbocycles. The number of hydrogen-bond donors (Lipinski definition) is 1. The number of ether oxygens (including phenoxy) is 3. The van der Waals surface area contributed by atoms with Gasteiger partial charge in [-0.25, -0.2) is 4.79 Å². The minimum Gasteiger partial charge on any atom is -0.464 e. The Kier molecular flexibility index (Phi) is 9.28. The van der Waals surface area contributed by atoms with Gasteiger partial charge in [-0.05, 0) is 44.7 Å². The molecule has 1 amide bonds. The summed E-state index contributed by atoms with van der Waals surface area (Å²) in [5, 5.41) is 2.65. The van der Waals surface area contributed by atoms with Crippen LogP contribution in [-0.4, -0.2) is 73.4 Å². The lowest BCUT2D eigenvalue weighted by molar-refractivity contribution is -0.160. The van der Waals surface area contributed by atoms with Crippen molar-refractivity contribution in [1.29, 1.82) is 0 Å². The summed E-state index contributed by atoms with van der Waals surface area (Å²) in [5.74, 6) is -0.555. The van der Waals surface area contributed by atoms with Crippen LogP contribution in [0.5, 0.6) is 0 Å². The van der Waals surface area contributed by atoms with Crippen LogP contribution in [0.15, 0.2) is 0 Å². The van der Waals surface area contributed by atoms with E-state index in [1.54, 1.807) is 14.0 Å². The molecule has 1 saturated heterocycles. The molecular formula is C20H41NO7Si2. The third-order valence-electron chi connectivity index (χ3n) is 5.75. The smallest absolute Gasteiger partial charge is 0.331 e. The Morgan fingerprint density at radius 1 is 1.27 bits per heavy atom. The van der Waals surface area contributed by atoms with Crippen LogP contribution in [0.4, 0.5) is 0 Å². The number of carbonyl (C=O) groups excluding carboxylic acids is 2. The van der Waals surface area contributed by atoms with Gasteiger partial charge in [-0.2, -0.15) is 0 Å². The van der Waals surface area contributed by atoms with E-state index >= 15 is 0 Å². The van der Waals surface area contributed by atoms with Crippen LogP contribution in [0.3, 0.4) is 0 Å². The molecule has 8 nitrogen and oxygen atoms in total. The summed E-state index contributed by atoms with van der Waals surface area (Å²) in [6.07, 6.45) is -0.406. The lowest BCUT2D eigenvalue weighted by Gasteiger charge is -2.44. The molecule has 1 rings (SSSR count). The predicted molar refractivity (Wildman–Crippen MR) is 120 cm³/mol. The first-order valence-corrected chi connectivity index (χ1v) is 16.8. The highest BCUT2D eigenvalue weighted by Crippen LogP contribution is 2.42. The minimum atomic E-state index is -2.19. The summed E-state index contributed by atoms with van der Waals surface area (Å²) in [7, 11) is -2.74. The average Bonchev–Trinajstić information content (AvgIpc) is 2.93. The van der Waals surface area contributed by atoms with Crippen LogP contribution >= 0.6 is 0 Å². The summed E-state index contributed by atoms with van der Waals surface area (Å²) in [6.45, 7) is 19.0. The second kappa shape index (κ2) is 10.2. The summed E-state index contributed by atoms with van der Waals surface area (Å²) in [6, 6.07) is -1.03. The fourth-order valence-electron chi connectivity index (χ4n) is 3.30. The number of methoxy groups -OCH3 is 1. The molecule has 0 bridgehead atoms. The molecule has 0 aromatic heterocycles. The maximum Gasteiger partial charge on any atom is 0.331 e. The van der Waals surface area contributed by atoms with E-state index in [0.717, 1.165) is 0 Å². The highest BCUT2D eigenvalue weighted by atomic mass is 28.4. The van der Waals surface area contributed by atoms with Crippen LogP contribution in [0.2, 0.25) is 37.8 Å². The third-order valence-corrected chi connectivity index (χ3v) is 11.2. The van der Waals surface area contributed by atoms with Crippen LogP contribution < -0.4 is 5.32 Å². The quantitative estimate of drug-likeness (QED) is 0.286. The summed E-state index contributed by atoms with van der Waals surface area (Å²) < 4.78 is 29.9. The predicted octanol–water partition coefficient (Wildman–Crippen LogP) is 3.04. The van der Waals surface area contributed by atoms with E-state index in [2.05, 4.69) is 39.2 Å². The maximum atomic E-state index is 12.9. The van der Waals surface area contributed by atoms with Crippen molar-refractivity contribution >= 4 is 29.0 Å². The molecule has 0 radical (unpaired) electrons. The molecule has 0 spiro atoms. The van der Waals surface area contributed by atoms with Crippen molar-refractivity contribution in [3.63, 3.8) is 0 Å². The number of esters is 1. The molecule has 10 heteroatoms. The van der Waals surface area contributed by atoms with Gasteiger partial charge in [0.15, 0.2) is 29.0 Å². The second-order valence-electron chi connectivity index (χ2n) is 10.2. The van der Waals surface area contributed by atoms with Crippen LogP contribution in [0, 0.1) is 0 Å². The Morgan fingerprint density at radius 3 is 2.30 bits per heavy atom. The van der Waals surface area contributed by atoms with Gasteiger partial charge in [-0.15, -0.1) is 0 Å². The van der Waals surface area contributed by atoms with Gasteiger partial charge in [0.1, 0.15) is 11.7 Å². The summed E-state index contributed by atoms with van der Waals surface area (Å²) >= 11 is 0. The molecule has 0 saturated carbocycles. The topological polar surface area (TPSA) is 92.3 Å². The molecule has 1 N–H and O–H groups in total. The number of nitrogens with one attached hydrogen (secondary N) is 1. The zero-order valence-electron chi connectivity index (χ0n) is 20.3. The van der Waals surface area contributed by atoms with E-state index in [1.807, 2.05) is 19.6 Å². The molecular weight excluding hydrogens is 422 g/mol. The van der Waals surface area contributed by atoms with Crippen LogP contribution in [0.1, 0.15) is 34.1 Å². The first-order valence-electron chi connectivity index (χ1n) is 10.5. The summed E-state index contributed by atoms with van der Waals surface area (Å²) in [4.78, 5) is 24.3. The lowest BCUT2D eigenvalue weighted by Crippen LogP contribution is -2.65. The Hall–Kier alpha value is -0.786. The first-order chi connectivity index (χ1) is 13.6. The molecule has 0 aromatic rings. The largest absolute Gasteiger partial charge is 0.464 e. The maximum absolute atomic E-state index is 12.9. The van der Waals surface area contributed by atoms with Crippen molar-refractivity contribution < 1.29 is 32.7 Å². The fraction of sp³-hybridized carbons (Fsp3) is 0.900. The Bertz CT molecular complexity index is 589. The van der Waals surface area contributed by atoms with Gasteiger partial charge in [-0.1, -0.05) is 20.8 Å². The van der Waals surface area contributed by atoms with E-state index < -0.39 is 46.6 Å². The van der Waals surface area contributed by atoms with Crippen molar-refractivity contribution in [2.75, 3.05) is 20.3 Å². The number of amides is 1. The van der Waals surface area contributed by atoms with E-state index in [9.17, 15) is 9.59 Å². The van der Waals surface area contributed by atoms with Crippen molar-refractivity contribution in [3.8, 4) is 0 Å². The fourth-order valence-corrected chi connectivity index (χ4v) is 5.77. The van der Waals surface area contributed by atoms with Crippen molar-refractivity contribution in [3.05, 3.63) is 0 Å². The van der Waals surface area contributed by atoms with Gasteiger partial charge in [0.25, 0.3) is 0 Å². The highest BCUT2D eigenvalue weighted by Gasteiger charge is 2.59. The monoisotopic (exact) mass is 463 g/mol. The molecule has 0 aliphatic carbocycles. The van der Waals surface area contributed by atoms with Crippen molar-refractivity contribution in [2.45, 2.75) is 95.9 Å². The molecule has 176 valence electrons. The van der Waals surface area contributed by atoms with Gasteiger partial charge in [0, 0.05) is 13.5 Å². The number of carbonyl (C=O) groups is 2. The van der Waals surface area contributed by atoms with Gasteiger partial charge in [-0.3, -0.25) is 4.79 Å². The minimum absolute atomic E-state index is 0.0101. The molecule has 1 heterocycles. The zero-order valence-corrected chi connectivity index (χ0v) is 22.3. The standard InChI is InChI=1S/C20H41NO7Si2/c1-11-25-18(23)17(21-14-22)20(28-29(6,7)8)12-16(24-5)27-15(20)13-26-30(9,10)19(2,3)4/h14-17H,11-13H2,1-10H3,(H,21,22)/t15-,16?,17-,20-/m1/s1. The SMILES string of the molecule is CCOC(=O)[C@@H](NC=O)[C@@]1(O[Si](C)(C)C)CC(OC)O[C@@H]1CO[Si](C)(C)C(C)(C)C. The molecule has 1 aliphatic rings. The lowest BCUT2D eigenvalue weighted by atomic mass is 9.87. The van der Waals surface area contributed by atoms with Crippen LogP contribution in [-0.2, 0) is 32.7 Å². The highest BCUT2D eigenvalue weighted by molar-refractivity contribution is 6.74. The normalized spacial score (nSPS) is 26.3. The molecule has 30 heavy (non-hydrogen) atoms. The van der Waals surface area contributed by atoms with E-state index in [4.69, 9.17) is 23.1 Å². The molecule has 1 unspecified atom stereocenters. The molecule has 1 aliphatic heterocycles. The number of rotatable bonds is 11. The van der Waals surface area contributed by atoms with E-state index in [1.165, 1.54) is 0 Å². The van der Waals surface area contributed by atoms with Crippen molar-refractivity contribution in [2.24, 2.45) is 0 Å².